The number of nitrogens with zero attached hydrogens (tertiary/aromatic N) is 3. The highest BCUT2D eigenvalue weighted by Gasteiger charge is 2.40. The van der Waals surface area contributed by atoms with Crippen molar-refractivity contribution in [1.82, 2.24) is 19.9 Å². The van der Waals surface area contributed by atoms with Crippen LogP contribution in [0.2, 0.25) is 10.0 Å². The van der Waals surface area contributed by atoms with Crippen molar-refractivity contribution in [1.29, 1.82) is 0 Å². The maximum atomic E-state index is 13.9. The quantitative estimate of drug-likeness (QED) is 0.0630. The number of unbranched alkanes of at least 4 members (excludes halogenated alkanes) is 2. The van der Waals surface area contributed by atoms with Gasteiger partial charge in [0.15, 0.2) is 0 Å². The Kier molecular flexibility index (Phi) is 12.3. The molecule has 4 aromatic rings. The largest absolute Gasteiger partial charge is 0.487 e. The normalized spacial score (nSPS) is 15.1. The number of ether oxygens (including phenoxy) is 1. The third-order valence-electron chi connectivity index (χ3n) is 8.59. The van der Waals surface area contributed by atoms with Crippen LogP contribution < -0.4 is 21.2 Å². The standard InChI is InChI=1S/C36H40Cl2N6O5S/c1-23-20-24(2)43-34-27(23)8-6-10-31(34)49-22-28-29(37)15-16-32(33(28)38)50(47,48)44-19-7-9-30(44)36(46)41-18-5-3-4-17-40-35(45)26-13-11-25(12-14-26)21-42-39/h6,8,10-16,20-21,30H,3-5,7,9,17-19,22,39H2,1-2H3,(H,40,45)(H,41,46)/t30-/m0/s1. The molecule has 0 saturated carbocycles. The SMILES string of the molecule is Cc1cc(C)c2cccc(OCc3c(Cl)ccc(S(=O)(=O)N4CCC[C@H]4C(=O)NCCCCCNC(=O)c4ccc(C=NN)cc4)c3Cl)c2n1. The highest BCUT2D eigenvalue weighted by molar-refractivity contribution is 7.89. The highest BCUT2D eigenvalue weighted by atomic mass is 35.5. The van der Waals surface area contributed by atoms with E-state index in [9.17, 15) is 18.0 Å². The number of hydrogen-bond acceptors (Lipinski definition) is 8. The smallest absolute Gasteiger partial charge is 0.251 e. The van der Waals surface area contributed by atoms with Crippen molar-refractivity contribution in [3.63, 3.8) is 0 Å². The van der Waals surface area contributed by atoms with Crippen LogP contribution in [0.25, 0.3) is 10.9 Å². The molecule has 1 aliphatic rings. The van der Waals surface area contributed by atoms with E-state index < -0.39 is 16.1 Å². The van der Waals surface area contributed by atoms with Gasteiger partial charge >= 0.3 is 0 Å². The molecule has 1 atom stereocenters. The van der Waals surface area contributed by atoms with Crippen LogP contribution in [0.3, 0.4) is 0 Å². The van der Waals surface area contributed by atoms with Crippen molar-refractivity contribution in [3.8, 4) is 5.75 Å². The predicted octanol–water partition coefficient (Wildman–Crippen LogP) is 5.90. The summed E-state index contributed by atoms with van der Waals surface area (Å²) in [5, 5.41) is 10.4. The first kappa shape index (κ1) is 37.0. The molecule has 264 valence electrons. The topological polar surface area (TPSA) is 156 Å². The van der Waals surface area contributed by atoms with E-state index >= 15 is 0 Å². The fourth-order valence-electron chi connectivity index (χ4n) is 6.01. The number of rotatable bonds is 14. The molecule has 14 heteroatoms. The molecule has 2 amide bonds. The zero-order valence-corrected chi connectivity index (χ0v) is 30.2. The summed E-state index contributed by atoms with van der Waals surface area (Å²) in [6.07, 6.45) is 4.59. The minimum atomic E-state index is -4.15. The zero-order valence-electron chi connectivity index (χ0n) is 27.9. The third-order valence-corrected chi connectivity index (χ3v) is 11.4. The van der Waals surface area contributed by atoms with E-state index in [0.717, 1.165) is 35.0 Å². The molecular weight excluding hydrogens is 699 g/mol. The maximum Gasteiger partial charge on any atom is 0.251 e. The molecule has 0 aliphatic carbocycles. The van der Waals surface area contributed by atoms with Crippen LogP contribution >= 0.6 is 23.2 Å². The van der Waals surface area contributed by atoms with Gasteiger partial charge in [-0.1, -0.05) is 47.5 Å². The molecule has 5 rings (SSSR count). The molecule has 2 heterocycles. The number of amides is 2. The molecule has 1 fully saturated rings. The van der Waals surface area contributed by atoms with E-state index in [1.165, 1.54) is 22.7 Å². The first-order valence-corrected chi connectivity index (χ1v) is 18.6. The van der Waals surface area contributed by atoms with Crippen LogP contribution in [0.4, 0.5) is 0 Å². The number of pyridine rings is 1. The number of sulfonamides is 1. The lowest BCUT2D eigenvalue weighted by Gasteiger charge is -2.24. The number of aromatic nitrogens is 1. The van der Waals surface area contributed by atoms with Gasteiger partial charge in [-0.3, -0.25) is 9.59 Å². The maximum absolute atomic E-state index is 13.9. The van der Waals surface area contributed by atoms with Gasteiger partial charge in [0.05, 0.1) is 11.2 Å². The van der Waals surface area contributed by atoms with Gasteiger partial charge in [0.25, 0.3) is 5.91 Å². The number of para-hydroxylation sites is 1. The number of benzene rings is 3. The summed E-state index contributed by atoms with van der Waals surface area (Å²) in [5.41, 5.74) is 4.26. The van der Waals surface area contributed by atoms with Crippen LogP contribution in [-0.4, -0.2) is 61.4 Å². The second-order valence-corrected chi connectivity index (χ2v) is 14.8. The third kappa shape index (κ3) is 8.55. The summed E-state index contributed by atoms with van der Waals surface area (Å²) < 4.78 is 35.2. The van der Waals surface area contributed by atoms with Crippen LogP contribution in [0.5, 0.6) is 5.75 Å². The zero-order chi connectivity index (χ0) is 35.8. The number of carbonyl (C=O) groups is 2. The van der Waals surface area contributed by atoms with E-state index in [2.05, 4.69) is 20.7 Å². The summed E-state index contributed by atoms with van der Waals surface area (Å²) >= 11 is 13.2. The first-order valence-electron chi connectivity index (χ1n) is 16.4. The lowest BCUT2D eigenvalue weighted by atomic mass is 10.1. The Balaban J connectivity index is 1.15. The second-order valence-electron chi connectivity index (χ2n) is 12.1. The monoisotopic (exact) mass is 738 g/mol. The van der Waals surface area contributed by atoms with Crippen LogP contribution in [0.1, 0.15) is 64.8 Å². The molecule has 0 unspecified atom stereocenters. The molecular formula is C36H40Cl2N6O5S. The van der Waals surface area contributed by atoms with Gasteiger partial charge in [-0.2, -0.15) is 9.41 Å². The van der Waals surface area contributed by atoms with Crippen LogP contribution in [-0.2, 0) is 21.4 Å². The van der Waals surface area contributed by atoms with E-state index in [0.29, 0.717) is 54.7 Å². The van der Waals surface area contributed by atoms with Crippen molar-refractivity contribution in [3.05, 3.63) is 98.7 Å². The molecule has 0 bridgehead atoms. The van der Waals surface area contributed by atoms with Crippen LogP contribution in [0.15, 0.2) is 70.7 Å². The minimum absolute atomic E-state index is 0.0470. The Hall–Kier alpha value is -4.23. The fourth-order valence-corrected chi connectivity index (χ4v) is 8.53. The highest BCUT2D eigenvalue weighted by Crippen LogP contribution is 2.36. The van der Waals surface area contributed by atoms with Crippen molar-refractivity contribution in [2.75, 3.05) is 19.6 Å². The van der Waals surface area contributed by atoms with Crippen molar-refractivity contribution in [2.45, 2.75) is 63.5 Å². The average molecular weight is 740 g/mol. The molecule has 50 heavy (non-hydrogen) atoms. The molecule has 0 radical (unpaired) electrons. The number of hydrazone groups is 1. The van der Waals surface area contributed by atoms with Crippen molar-refractivity contribution < 1.29 is 22.7 Å². The summed E-state index contributed by atoms with van der Waals surface area (Å²) in [6.45, 7) is 4.88. The lowest BCUT2D eigenvalue weighted by Crippen LogP contribution is -2.46. The van der Waals surface area contributed by atoms with Gasteiger partial charge in [-0.15, -0.1) is 0 Å². The molecule has 3 aromatic carbocycles. The number of aryl methyl sites for hydroxylation is 2. The summed E-state index contributed by atoms with van der Waals surface area (Å²) in [6, 6.07) is 16.5. The summed E-state index contributed by atoms with van der Waals surface area (Å²) in [5.74, 6) is 5.14. The number of hydrogen-bond donors (Lipinski definition) is 3. The van der Waals surface area contributed by atoms with Gasteiger partial charge in [-0.25, -0.2) is 13.4 Å². The van der Waals surface area contributed by atoms with Crippen molar-refractivity contribution in [2.24, 2.45) is 10.9 Å². The number of halogens is 2. The predicted molar refractivity (Wildman–Crippen MR) is 196 cm³/mol. The first-order chi connectivity index (χ1) is 24.0. The Bertz CT molecular complexity index is 2010. The Morgan fingerprint density at radius 2 is 1.78 bits per heavy atom. The summed E-state index contributed by atoms with van der Waals surface area (Å²) in [4.78, 5) is 30.1. The number of nitrogens with one attached hydrogen (secondary N) is 2. The van der Waals surface area contributed by atoms with E-state index in [1.807, 2.05) is 32.0 Å². The molecule has 0 spiro atoms. The van der Waals surface area contributed by atoms with E-state index in [1.54, 1.807) is 30.3 Å². The van der Waals surface area contributed by atoms with Crippen molar-refractivity contribution >= 4 is 62.2 Å². The molecule has 11 nitrogen and oxygen atoms in total. The molecule has 1 aliphatic heterocycles. The van der Waals surface area contributed by atoms with Gasteiger partial charge in [-0.05, 0) is 93.5 Å². The summed E-state index contributed by atoms with van der Waals surface area (Å²) in [7, 11) is -4.15. The number of carbonyl (C=O) groups excluding carboxylic acids is 2. The lowest BCUT2D eigenvalue weighted by molar-refractivity contribution is -0.124. The fraction of sp³-hybridized carbons (Fsp3) is 0.333. The Morgan fingerprint density at radius 3 is 2.52 bits per heavy atom. The van der Waals surface area contributed by atoms with Gasteiger partial charge in [0.1, 0.15) is 28.8 Å². The Labute approximate surface area is 302 Å². The van der Waals surface area contributed by atoms with Gasteiger partial charge in [0, 0.05) is 46.9 Å². The van der Waals surface area contributed by atoms with Gasteiger partial charge in [0.2, 0.25) is 15.9 Å². The second kappa shape index (κ2) is 16.7. The molecule has 1 aromatic heterocycles. The van der Waals surface area contributed by atoms with E-state index in [4.69, 9.17) is 33.8 Å². The average Bonchev–Trinajstić information content (AvgIpc) is 3.60. The number of fused-ring (bicyclic) bond motifs is 1. The van der Waals surface area contributed by atoms with Crippen LogP contribution in [0, 0.1) is 13.8 Å². The Morgan fingerprint density at radius 1 is 1.04 bits per heavy atom. The minimum Gasteiger partial charge on any atom is -0.487 e. The van der Waals surface area contributed by atoms with Gasteiger partial charge < -0.3 is 21.2 Å². The molecule has 4 N–H and O–H groups in total. The molecule has 1 saturated heterocycles. The van der Waals surface area contributed by atoms with E-state index in [-0.39, 0.29) is 39.9 Å². The number of nitrogens with two attached hydrogens (primary N) is 1.